The maximum absolute atomic E-state index is 13.7. The molecule has 106 valence electrons. The van der Waals surface area contributed by atoms with Crippen molar-refractivity contribution in [1.29, 1.82) is 0 Å². The molecule has 1 amide bonds. The van der Waals surface area contributed by atoms with Crippen LogP contribution in [-0.2, 0) is 11.3 Å². The lowest BCUT2D eigenvalue weighted by Gasteiger charge is -2.15. The second-order valence-electron chi connectivity index (χ2n) is 4.89. The lowest BCUT2D eigenvalue weighted by Crippen LogP contribution is -2.31. The third kappa shape index (κ3) is 2.48. The predicted molar refractivity (Wildman–Crippen MR) is 85.6 cm³/mol. The Hall–Kier alpha value is -0.960. The van der Waals surface area contributed by atoms with Crippen LogP contribution < -0.4 is 0 Å². The first kappa shape index (κ1) is 14.0. The zero-order valence-corrected chi connectivity index (χ0v) is 13.6. The van der Waals surface area contributed by atoms with Gasteiger partial charge < -0.3 is 14.5 Å². The molecule has 0 spiro atoms. The van der Waals surface area contributed by atoms with Gasteiger partial charge in [-0.1, -0.05) is 0 Å². The van der Waals surface area contributed by atoms with E-state index < -0.39 is 0 Å². The number of nitrogens with zero attached hydrogens (tertiary/aromatic N) is 2. The molecule has 2 heterocycles. The molecule has 7 heteroatoms. The van der Waals surface area contributed by atoms with Crippen molar-refractivity contribution in [2.45, 2.75) is 19.4 Å². The number of hydrogen-bond donors (Lipinski definition) is 1. The standard InChI is InChI=1S/C13H13FIN3OS/c14-8-5-11-10(6-9(8)15)16-13(20)18(11)7-12(19)17-3-1-2-4-17/h5-6H,1-4,7H2,(H,16,20). The number of benzene rings is 1. The van der Waals surface area contributed by atoms with Crippen LogP contribution >= 0.6 is 34.8 Å². The molecule has 0 aliphatic carbocycles. The van der Waals surface area contributed by atoms with Crippen molar-refractivity contribution in [3.05, 3.63) is 26.3 Å². The fraction of sp³-hybridized carbons (Fsp3) is 0.385. The van der Waals surface area contributed by atoms with Crippen LogP contribution in [0.25, 0.3) is 11.0 Å². The molecule has 0 unspecified atom stereocenters. The summed E-state index contributed by atoms with van der Waals surface area (Å²) in [6.07, 6.45) is 2.11. The number of aromatic nitrogens is 2. The van der Waals surface area contributed by atoms with Gasteiger partial charge in [-0.05, 0) is 53.7 Å². The second kappa shape index (κ2) is 5.44. The highest BCUT2D eigenvalue weighted by molar-refractivity contribution is 14.1. The molecule has 1 fully saturated rings. The first-order chi connectivity index (χ1) is 9.56. The molecule has 1 aliphatic rings. The van der Waals surface area contributed by atoms with Crippen LogP contribution in [0.3, 0.4) is 0 Å². The van der Waals surface area contributed by atoms with E-state index in [1.165, 1.54) is 6.07 Å². The Morgan fingerprint density at radius 2 is 2.10 bits per heavy atom. The molecule has 4 nitrogen and oxygen atoms in total. The number of H-pyrrole nitrogens is 1. The number of hydrogen-bond acceptors (Lipinski definition) is 2. The van der Waals surface area contributed by atoms with Gasteiger partial charge in [-0.3, -0.25) is 4.79 Å². The number of halogens is 2. The SMILES string of the molecule is O=C(Cn1c(=S)[nH]c2cc(I)c(F)cc21)N1CCCC1. The van der Waals surface area contributed by atoms with E-state index >= 15 is 0 Å². The summed E-state index contributed by atoms with van der Waals surface area (Å²) < 4.78 is 16.4. The zero-order valence-electron chi connectivity index (χ0n) is 10.7. The van der Waals surface area contributed by atoms with Gasteiger partial charge in [-0.15, -0.1) is 0 Å². The highest BCUT2D eigenvalue weighted by atomic mass is 127. The van der Waals surface area contributed by atoms with E-state index in [9.17, 15) is 9.18 Å². The van der Waals surface area contributed by atoms with E-state index in [1.54, 1.807) is 10.6 Å². The van der Waals surface area contributed by atoms with Crippen LogP contribution in [0.5, 0.6) is 0 Å². The molecule has 1 saturated heterocycles. The number of carbonyl (C=O) groups excluding carboxylic acids is 1. The third-order valence-electron chi connectivity index (χ3n) is 3.57. The highest BCUT2D eigenvalue weighted by Gasteiger charge is 2.19. The number of carbonyl (C=O) groups is 1. The summed E-state index contributed by atoms with van der Waals surface area (Å²) in [7, 11) is 0. The van der Waals surface area contributed by atoms with E-state index in [-0.39, 0.29) is 18.3 Å². The molecule has 1 N–H and O–H groups in total. The molecule has 1 aliphatic heterocycles. The number of imidazole rings is 1. The van der Waals surface area contributed by atoms with E-state index in [2.05, 4.69) is 4.98 Å². The molecule has 3 rings (SSSR count). The minimum Gasteiger partial charge on any atom is -0.341 e. The molecule has 0 atom stereocenters. The van der Waals surface area contributed by atoms with Gasteiger partial charge >= 0.3 is 0 Å². The minimum atomic E-state index is -0.297. The average molecular weight is 405 g/mol. The molecule has 0 bridgehead atoms. The number of rotatable bonds is 2. The quantitative estimate of drug-likeness (QED) is 0.617. The van der Waals surface area contributed by atoms with E-state index in [4.69, 9.17) is 12.2 Å². The summed E-state index contributed by atoms with van der Waals surface area (Å²) in [4.78, 5) is 17.1. The van der Waals surface area contributed by atoms with Crippen LogP contribution in [-0.4, -0.2) is 33.4 Å². The molecular weight excluding hydrogens is 392 g/mol. The van der Waals surface area contributed by atoms with Gasteiger partial charge in [-0.25, -0.2) is 4.39 Å². The fourth-order valence-corrected chi connectivity index (χ4v) is 3.25. The van der Waals surface area contributed by atoms with Gasteiger partial charge in [0.25, 0.3) is 0 Å². The molecule has 0 saturated carbocycles. The van der Waals surface area contributed by atoms with Gasteiger partial charge in [-0.2, -0.15) is 0 Å². The van der Waals surface area contributed by atoms with Crippen molar-refractivity contribution in [3.8, 4) is 0 Å². The number of aromatic amines is 1. The first-order valence-electron chi connectivity index (χ1n) is 6.41. The summed E-state index contributed by atoms with van der Waals surface area (Å²) >= 11 is 7.18. The molecule has 1 aromatic carbocycles. The fourth-order valence-electron chi connectivity index (χ4n) is 2.51. The average Bonchev–Trinajstić information content (AvgIpc) is 3.01. The topological polar surface area (TPSA) is 41.0 Å². The lowest BCUT2D eigenvalue weighted by molar-refractivity contribution is -0.130. The van der Waals surface area contributed by atoms with Crippen molar-refractivity contribution in [2.24, 2.45) is 0 Å². The molecule has 2 aromatic rings. The summed E-state index contributed by atoms with van der Waals surface area (Å²) in [5.41, 5.74) is 1.40. The van der Waals surface area contributed by atoms with E-state index in [0.29, 0.717) is 13.9 Å². The number of fused-ring (bicyclic) bond motifs is 1. The number of amides is 1. The van der Waals surface area contributed by atoms with Crippen molar-refractivity contribution >= 4 is 51.7 Å². The Morgan fingerprint density at radius 1 is 1.40 bits per heavy atom. The predicted octanol–water partition coefficient (Wildman–Crippen LogP) is 3.06. The van der Waals surface area contributed by atoms with Crippen molar-refractivity contribution in [2.75, 3.05) is 13.1 Å². The zero-order chi connectivity index (χ0) is 14.3. The van der Waals surface area contributed by atoms with Crippen molar-refractivity contribution < 1.29 is 9.18 Å². The Bertz CT molecular complexity index is 733. The van der Waals surface area contributed by atoms with Gasteiger partial charge in [0.15, 0.2) is 4.77 Å². The Balaban J connectivity index is 1.98. The Kier molecular flexibility index (Phi) is 3.80. The minimum absolute atomic E-state index is 0.0402. The van der Waals surface area contributed by atoms with Crippen LogP contribution in [0.1, 0.15) is 12.8 Å². The van der Waals surface area contributed by atoms with E-state index in [0.717, 1.165) is 31.4 Å². The van der Waals surface area contributed by atoms with Gasteiger partial charge in [0.1, 0.15) is 12.4 Å². The molecular formula is C13H13FIN3OS. The Morgan fingerprint density at radius 3 is 2.80 bits per heavy atom. The van der Waals surface area contributed by atoms with Crippen LogP contribution in [0.15, 0.2) is 12.1 Å². The van der Waals surface area contributed by atoms with Crippen LogP contribution in [0.2, 0.25) is 0 Å². The van der Waals surface area contributed by atoms with Crippen LogP contribution in [0.4, 0.5) is 4.39 Å². The van der Waals surface area contributed by atoms with E-state index in [1.807, 2.05) is 27.5 Å². The second-order valence-corrected chi connectivity index (χ2v) is 6.44. The van der Waals surface area contributed by atoms with Gasteiger partial charge in [0.05, 0.1) is 14.6 Å². The highest BCUT2D eigenvalue weighted by Crippen LogP contribution is 2.21. The monoisotopic (exact) mass is 405 g/mol. The number of nitrogens with one attached hydrogen (secondary N) is 1. The maximum atomic E-state index is 13.7. The Labute approximate surface area is 134 Å². The number of likely N-dealkylation sites (tertiary alicyclic amines) is 1. The largest absolute Gasteiger partial charge is 0.341 e. The van der Waals surface area contributed by atoms with Crippen molar-refractivity contribution in [1.82, 2.24) is 14.5 Å². The smallest absolute Gasteiger partial charge is 0.242 e. The molecule has 20 heavy (non-hydrogen) atoms. The maximum Gasteiger partial charge on any atom is 0.242 e. The van der Waals surface area contributed by atoms with Gasteiger partial charge in [0, 0.05) is 19.2 Å². The summed E-state index contributed by atoms with van der Waals surface area (Å²) in [5, 5.41) is 0. The van der Waals surface area contributed by atoms with Crippen molar-refractivity contribution in [3.63, 3.8) is 0 Å². The summed E-state index contributed by atoms with van der Waals surface area (Å²) in [6, 6.07) is 3.14. The molecule has 1 aromatic heterocycles. The lowest BCUT2D eigenvalue weighted by atomic mass is 10.3. The first-order valence-corrected chi connectivity index (χ1v) is 7.90. The summed E-state index contributed by atoms with van der Waals surface area (Å²) in [6.45, 7) is 1.78. The summed E-state index contributed by atoms with van der Waals surface area (Å²) in [5.74, 6) is -0.257. The molecule has 0 radical (unpaired) electrons. The normalized spacial score (nSPS) is 15.2. The van der Waals surface area contributed by atoms with Crippen LogP contribution in [0, 0.1) is 14.2 Å². The third-order valence-corrected chi connectivity index (χ3v) is 4.72. The van der Waals surface area contributed by atoms with Gasteiger partial charge in [0.2, 0.25) is 5.91 Å².